The summed E-state index contributed by atoms with van der Waals surface area (Å²) in [5, 5.41) is 20.4. The molecule has 0 amide bonds. The molecule has 1 aromatic rings. The van der Waals surface area contributed by atoms with Crippen LogP contribution in [0.3, 0.4) is 0 Å². The molecule has 0 heterocycles. The first-order valence-electron chi connectivity index (χ1n) is 7.84. The van der Waals surface area contributed by atoms with Gasteiger partial charge in [0.1, 0.15) is 5.78 Å². The fraction of sp³-hybridized carbons (Fsp3) is 0.500. The number of hydrogen-bond donors (Lipinski definition) is 2. The van der Waals surface area contributed by atoms with Gasteiger partial charge in [-0.05, 0) is 51.0 Å². The zero-order valence-electron chi connectivity index (χ0n) is 13.2. The van der Waals surface area contributed by atoms with Gasteiger partial charge < -0.3 is 15.1 Å². The second kappa shape index (κ2) is 5.43. The fourth-order valence-corrected chi connectivity index (χ4v) is 4.02. The van der Waals surface area contributed by atoms with Crippen LogP contribution in [0.25, 0.3) is 6.08 Å². The number of aromatic hydroxyl groups is 2. The Balaban J connectivity index is 2.15. The molecule has 22 heavy (non-hydrogen) atoms. The Bertz CT molecular complexity index is 635. The van der Waals surface area contributed by atoms with Gasteiger partial charge in [-0.2, -0.15) is 0 Å². The first-order chi connectivity index (χ1) is 10.4. The zero-order valence-corrected chi connectivity index (χ0v) is 13.2. The average Bonchev–Trinajstić information content (AvgIpc) is 2.48. The van der Waals surface area contributed by atoms with E-state index in [0.29, 0.717) is 12.8 Å². The van der Waals surface area contributed by atoms with Gasteiger partial charge in [-0.25, -0.2) is 0 Å². The van der Waals surface area contributed by atoms with Gasteiger partial charge >= 0.3 is 0 Å². The van der Waals surface area contributed by atoms with Crippen molar-refractivity contribution in [1.82, 2.24) is 4.90 Å². The normalized spacial score (nSPS) is 26.9. The van der Waals surface area contributed by atoms with Crippen LogP contribution in [-0.2, 0) is 10.2 Å². The molecule has 0 radical (unpaired) electrons. The maximum absolute atomic E-state index is 12.2. The molecule has 1 saturated carbocycles. The first-order valence-corrected chi connectivity index (χ1v) is 7.84. The van der Waals surface area contributed by atoms with E-state index in [4.69, 9.17) is 0 Å². The number of phenolic OH excluding ortho intramolecular Hbond substituents is 2. The third kappa shape index (κ3) is 2.31. The van der Waals surface area contributed by atoms with Crippen molar-refractivity contribution < 1.29 is 15.0 Å². The lowest BCUT2D eigenvalue weighted by Crippen LogP contribution is -2.44. The summed E-state index contributed by atoms with van der Waals surface area (Å²) < 4.78 is 0. The zero-order chi connectivity index (χ0) is 15.9. The van der Waals surface area contributed by atoms with Crippen molar-refractivity contribution in [3.8, 4) is 11.5 Å². The van der Waals surface area contributed by atoms with Crippen molar-refractivity contribution in [2.45, 2.75) is 31.1 Å². The van der Waals surface area contributed by atoms with E-state index in [0.717, 1.165) is 30.5 Å². The minimum Gasteiger partial charge on any atom is -0.504 e. The molecular weight excluding hydrogens is 278 g/mol. The van der Waals surface area contributed by atoms with Crippen LogP contribution < -0.4 is 0 Å². The summed E-state index contributed by atoms with van der Waals surface area (Å²) >= 11 is 0. The summed E-state index contributed by atoms with van der Waals surface area (Å²) in [6, 6.07) is 3.34. The number of phenols is 2. The summed E-state index contributed by atoms with van der Waals surface area (Å²) in [6.45, 7) is 0.839. The van der Waals surface area contributed by atoms with Crippen molar-refractivity contribution in [3.05, 3.63) is 29.3 Å². The van der Waals surface area contributed by atoms with Crippen molar-refractivity contribution in [1.29, 1.82) is 0 Å². The van der Waals surface area contributed by atoms with E-state index in [2.05, 4.69) is 11.0 Å². The molecule has 1 fully saturated rings. The number of hydrogen-bond acceptors (Lipinski definition) is 4. The maximum Gasteiger partial charge on any atom is 0.161 e. The summed E-state index contributed by atoms with van der Waals surface area (Å²) in [7, 11) is 4.02. The van der Waals surface area contributed by atoms with Crippen molar-refractivity contribution in [3.63, 3.8) is 0 Å². The maximum atomic E-state index is 12.2. The summed E-state index contributed by atoms with van der Waals surface area (Å²) in [5.74, 6) is 0.333. The van der Waals surface area contributed by atoms with E-state index in [9.17, 15) is 15.0 Å². The van der Waals surface area contributed by atoms with E-state index in [1.807, 2.05) is 26.2 Å². The molecule has 3 rings (SSSR count). The molecule has 4 nitrogen and oxygen atoms in total. The molecule has 2 aliphatic carbocycles. The Kier molecular flexibility index (Phi) is 3.73. The second-order valence-corrected chi connectivity index (χ2v) is 6.83. The third-order valence-electron chi connectivity index (χ3n) is 5.16. The van der Waals surface area contributed by atoms with Crippen molar-refractivity contribution in [2.75, 3.05) is 20.6 Å². The van der Waals surface area contributed by atoms with Gasteiger partial charge in [0.25, 0.3) is 0 Å². The molecule has 118 valence electrons. The predicted molar refractivity (Wildman–Crippen MR) is 86.0 cm³/mol. The van der Waals surface area contributed by atoms with Crippen LogP contribution in [0.5, 0.6) is 11.5 Å². The van der Waals surface area contributed by atoms with E-state index in [1.165, 1.54) is 6.07 Å². The number of ketones is 1. The largest absolute Gasteiger partial charge is 0.504 e. The highest BCUT2D eigenvalue weighted by atomic mass is 16.3. The lowest BCUT2D eigenvalue weighted by molar-refractivity contribution is -0.123. The average molecular weight is 301 g/mol. The van der Waals surface area contributed by atoms with E-state index in [-0.39, 0.29) is 23.2 Å². The molecule has 4 heteroatoms. The quantitative estimate of drug-likeness (QED) is 0.843. The molecule has 0 bridgehead atoms. The summed E-state index contributed by atoms with van der Waals surface area (Å²) in [5.41, 5.74) is 1.28. The van der Waals surface area contributed by atoms with Gasteiger partial charge in [0.15, 0.2) is 11.5 Å². The van der Waals surface area contributed by atoms with E-state index < -0.39 is 5.41 Å². The monoisotopic (exact) mass is 301 g/mol. The van der Waals surface area contributed by atoms with Gasteiger partial charge in [-0.3, -0.25) is 4.79 Å². The van der Waals surface area contributed by atoms with E-state index >= 15 is 0 Å². The Morgan fingerprint density at radius 2 is 2.09 bits per heavy atom. The Morgan fingerprint density at radius 3 is 2.82 bits per heavy atom. The smallest absolute Gasteiger partial charge is 0.161 e. The van der Waals surface area contributed by atoms with Gasteiger partial charge in [0, 0.05) is 23.8 Å². The van der Waals surface area contributed by atoms with Crippen LogP contribution in [-0.4, -0.2) is 41.5 Å². The van der Waals surface area contributed by atoms with Crippen LogP contribution in [0.4, 0.5) is 0 Å². The Labute approximate surface area is 131 Å². The molecule has 0 saturated heterocycles. The van der Waals surface area contributed by atoms with Gasteiger partial charge in [0.2, 0.25) is 0 Å². The van der Waals surface area contributed by atoms with Crippen LogP contribution in [0.15, 0.2) is 18.2 Å². The number of carbonyl (C=O) groups is 1. The molecule has 2 N–H and O–H groups in total. The second-order valence-electron chi connectivity index (χ2n) is 6.83. The number of carbonyl (C=O) groups excluding carboxylic acids is 1. The lowest BCUT2D eigenvalue weighted by Gasteiger charge is -2.46. The van der Waals surface area contributed by atoms with Crippen molar-refractivity contribution >= 4 is 11.9 Å². The van der Waals surface area contributed by atoms with Gasteiger partial charge in [-0.1, -0.05) is 18.2 Å². The van der Waals surface area contributed by atoms with Crippen LogP contribution in [0, 0.1) is 5.92 Å². The van der Waals surface area contributed by atoms with Gasteiger partial charge in [-0.15, -0.1) is 0 Å². The molecule has 2 atom stereocenters. The predicted octanol–water partition coefficient (Wildman–Crippen LogP) is 2.68. The highest BCUT2D eigenvalue weighted by molar-refractivity contribution is 5.83. The minimum absolute atomic E-state index is 0.0553. The molecule has 2 unspecified atom stereocenters. The Morgan fingerprint density at radius 1 is 1.32 bits per heavy atom. The SMILES string of the molecule is CN(C)CCC12CC(=O)CCC1C=Cc1ccc(O)c(O)c12. The molecule has 0 aromatic heterocycles. The Hall–Kier alpha value is -1.81. The molecular formula is C18H23NO3. The van der Waals surface area contributed by atoms with Crippen LogP contribution in [0.1, 0.15) is 36.8 Å². The molecule has 0 spiro atoms. The van der Waals surface area contributed by atoms with Crippen molar-refractivity contribution in [2.24, 2.45) is 5.92 Å². The van der Waals surface area contributed by atoms with E-state index in [1.54, 1.807) is 0 Å². The number of allylic oxidation sites excluding steroid dienone is 1. The van der Waals surface area contributed by atoms with Crippen LogP contribution in [0.2, 0.25) is 0 Å². The topological polar surface area (TPSA) is 60.8 Å². The first kappa shape index (κ1) is 15.1. The fourth-order valence-electron chi connectivity index (χ4n) is 4.02. The number of rotatable bonds is 3. The summed E-state index contributed by atoms with van der Waals surface area (Å²) in [6.07, 6.45) is 6.86. The van der Waals surface area contributed by atoms with Gasteiger partial charge in [0.05, 0.1) is 0 Å². The number of benzene rings is 1. The summed E-state index contributed by atoms with van der Waals surface area (Å²) in [4.78, 5) is 14.3. The standard InChI is InChI=1S/C18H23NO3/c1-19(2)10-9-18-11-14(20)7-6-13(18)5-3-12-4-8-15(21)17(22)16(12)18/h3-5,8,13,21-22H,6-7,9-11H2,1-2H3. The number of fused-ring (bicyclic) bond motifs is 3. The highest BCUT2D eigenvalue weighted by Gasteiger charge is 2.47. The number of nitrogens with zero attached hydrogens (tertiary/aromatic N) is 1. The third-order valence-corrected chi connectivity index (χ3v) is 5.16. The highest BCUT2D eigenvalue weighted by Crippen LogP contribution is 2.54. The van der Waals surface area contributed by atoms with Crippen LogP contribution >= 0.6 is 0 Å². The lowest BCUT2D eigenvalue weighted by atomic mass is 9.57. The number of Topliss-reactive ketones (excluding diaryl/α,β-unsaturated/α-hetero) is 1. The molecule has 2 aliphatic rings. The minimum atomic E-state index is -0.396. The molecule has 0 aliphatic heterocycles. The molecule has 1 aromatic carbocycles.